The molecule has 0 spiro atoms. The number of halogens is 3. The van der Waals surface area contributed by atoms with Crippen molar-refractivity contribution in [3.63, 3.8) is 0 Å². The smallest absolute Gasteiger partial charge is 0.377 e. The van der Waals surface area contributed by atoms with Gasteiger partial charge in [0.05, 0.1) is 24.8 Å². The van der Waals surface area contributed by atoms with Gasteiger partial charge in [0.25, 0.3) is 5.56 Å². The molecule has 1 unspecified atom stereocenters. The number of amides is 2. The van der Waals surface area contributed by atoms with E-state index in [1.165, 1.54) is 4.90 Å². The van der Waals surface area contributed by atoms with Crippen LogP contribution in [0.5, 0.6) is 0 Å². The van der Waals surface area contributed by atoms with E-state index in [1.54, 1.807) is 0 Å². The molecule has 9 heteroatoms. The molecule has 2 amide bonds. The average Bonchev–Trinajstić information content (AvgIpc) is 2.48. The molecular formula is C15H20F3N3O3. The Morgan fingerprint density at radius 3 is 2.83 bits per heavy atom. The summed E-state index contributed by atoms with van der Waals surface area (Å²) in [6, 6.07) is -0.147. The molecule has 1 saturated heterocycles. The number of pyridine rings is 1. The zero-order chi connectivity index (χ0) is 17.9. The maximum absolute atomic E-state index is 12.7. The van der Waals surface area contributed by atoms with Crippen molar-refractivity contribution < 1.29 is 22.7 Å². The van der Waals surface area contributed by atoms with Gasteiger partial charge in [-0.15, -0.1) is 0 Å². The van der Waals surface area contributed by atoms with Crippen LogP contribution in [0, 0.1) is 5.92 Å². The van der Waals surface area contributed by atoms with Crippen LogP contribution in [0.2, 0.25) is 0 Å². The lowest BCUT2D eigenvalue weighted by Crippen LogP contribution is -2.51. The standard InChI is InChI=1S/C15H20F3N3O3/c1-9(2)5-11-8-24-4-3-21(11)14(23)20-12-6-10(15(16,17)18)7-19-13(12)22/h6-7,9,11H,3-5,8H2,1-2H3,(H,19,22)(H,20,23). The molecule has 0 radical (unpaired) electrons. The number of alkyl halides is 3. The van der Waals surface area contributed by atoms with Crippen molar-refractivity contribution in [1.82, 2.24) is 9.88 Å². The Kier molecular flexibility index (Phi) is 5.53. The highest BCUT2D eigenvalue weighted by molar-refractivity contribution is 5.89. The van der Waals surface area contributed by atoms with Gasteiger partial charge in [0.15, 0.2) is 0 Å². The van der Waals surface area contributed by atoms with Gasteiger partial charge in [-0.25, -0.2) is 4.79 Å². The number of morpholine rings is 1. The fraction of sp³-hybridized carbons (Fsp3) is 0.600. The number of aromatic nitrogens is 1. The second-order valence-corrected chi connectivity index (χ2v) is 6.11. The van der Waals surface area contributed by atoms with Crippen molar-refractivity contribution in [1.29, 1.82) is 0 Å². The van der Waals surface area contributed by atoms with Gasteiger partial charge in [-0.1, -0.05) is 13.8 Å². The molecule has 0 saturated carbocycles. The molecule has 0 aromatic carbocycles. The molecule has 1 aromatic heterocycles. The summed E-state index contributed by atoms with van der Waals surface area (Å²) >= 11 is 0. The first-order valence-corrected chi connectivity index (χ1v) is 7.63. The number of ether oxygens (including phenoxy) is 1. The summed E-state index contributed by atoms with van der Waals surface area (Å²) in [5, 5.41) is 2.28. The van der Waals surface area contributed by atoms with Crippen molar-refractivity contribution in [2.24, 2.45) is 5.92 Å². The monoisotopic (exact) mass is 347 g/mol. The van der Waals surface area contributed by atoms with Crippen molar-refractivity contribution in [2.45, 2.75) is 32.5 Å². The van der Waals surface area contributed by atoms with Gasteiger partial charge in [0.1, 0.15) is 5.69 Å². The Morgan fingerprint density at radius 1 is 1.50 bits per heavy atom. The second kappa shape index (κ2) is 7.25. The van der Waals surface area contributed by atoms with Crippen LogP contribution in [0.25, 0.3) is 0 Å². The number of hydrogen-bond donors (Lipinski definition) is 2. The minimum atomic E-state index is -4.61. The molecule has 24 heavy (non-hydrogen) atoms. The summed E-state index contributed by atoms with van der Waals surface area (Å²) < 4.78 is 43.6. The van der Waals surface area contributed by atoms with E-state index < -0.39 is 29.0 Å². The summed E-state index contributed by atoms with van der Waals surface area (Å²) in [5.74, 6) is 0.323. The van der Waals surface area contributed by atoms with Crippen molar-refractivity contribution in [3.8, 4) is 0 Å². The Balaban J connectivity index is 2.17. The zero-order valence-corrected chi connectivity index (χ0v) is 13.4. The molecule has 0 aliphatic carbocycles. The zero-order valence-electron chi connectivity index (χ0n) is 13.4. The van der Waals surface area contributed by atoms with Crippen LogP contribution in [-0.2, 0) is 10.9 Å². The molecule has 2 N–H and O–H groups in total. The molecule has 6 nitrogen and oxygen atoms in total. The molecule has 1 fully saturated rings. The maximum atomic E-state index is 12.7. The predicted octanol–water partition coefficient (Wildman–Crippen LogP) is 2.67. The van der Waals surface area contributed by atoms with E-state index in [0.717, 1.165) is 0 Å². The summed E-state index contributed by atoms with van der Waals surface area (Å²) in [6.45, 7) is 5.04. The molecule has 1 aromatic rings. The maximum Gasteiger partial charge on any atom is 0.417 e. The number of nitrogens with zero attached hydrogens (tertiary/aromatic N) is 1. The largest absolute Gasteiger partial charge is 0.417 e. The fourth-order valence-corrected chi connectivity index (χ4v) is 2.59. The van der Waals surface area contributed by atoms with E-state index in [-0.39, 0.29) is 6.04 Å². The molecule has 2 rings (SSSR count). The van der Waals surface area contributed by atoms with Crippen LogP contribution in [0.4, 0.5) is 23.7 Å². The van der Waals surface area contributed by atoms with Gasteiger partial charge in [-0.05, 0) is 18.4 Å². The van der Waals surface area contributed by atoms with Crippen LogP contribution in [0.3, 0.4) is 0 Å². The predicted molar refractivity (Wildman–Crippen MR) is 81.9 cm³/mol. The van der Waals surface area contributed by atoms with Crippen LogP contribution in [-0.4, -0.2) is 41.7 Å². The van der Waals surface area contributed by atoms with Gasteiger partial charge >= 0.3 is 12.2 Å². The number of hydrogen-bond acceptors (Lipinski definition) is 3. The van der Waals surface area contributed by atoms with E-state index in [1.807, 2.05) is 18.8 Å². The van der Waals surface area contributed by atoms with Crippen LogP contribution in [0.15, 0.2) is 17.1 Å². The number of carbonyl (C=O) groups excluding carboxylic acids is 1. The highest BCUT2D eigenvalue weighted by Gasteiger charge is 2.32. The Labute approximate surface area is 137 Å². The first kappa shape index (κ1) is 18.3. The third-order valence-electron chi connectivity index (χ3n) is 3.70. The van der Waals surface area contributed by atoms with E-state index >= 15 is 0 Å². The SMILES string of the molecule is CC(C)CC1COCCN1C(=O)Nc1cc(C(F)(F)F)c[nH]c1=O. The third-order valence-corrected chi connectivity index (χ3v) is 3.70. The van der Waals surface area contributed by atoms with Gasteiger partial charge in [-0.3, -0.25) is 4.79 Å². The first-order valence-electron chi connectivity index (χ1n) is 7.63. The van der Waals surface area contributed by atoms with Gasteiger partial charge < -0.3 is 19.9 Å². The number of anilines is 1. The van der Waals surface area contributed by atoms with Crippen LogP contribution < -0.4 is 10.9 Å². The Bertz CT molecular complexity index is 643. The number of urea groups is 1. The summed E-state index contributed by atoms with van der Waals surface area (Å²) in [5.41, 5.74) is -2.24. The number of H-pyrrole nitrogens is 1. The number of nitrogens with one attached hydrogen (secondary N) is 2. The van der Waals surface area contributed by atoms with E-state index in [0.29, 0.717) is 44.4 Å². The van der Waals surface area contributed by atoms with E-state index in [4.69, 9.17) is 4.74 Å². The second-order valence-electron chi connectivity index (χ2n) is 6.11. The summed E-state index contributed by atoms with van der Waals surface area (Å²) in [7, 11) is 0. The molecule has 1 atom stereocenters. The van der Waals surface area contributed by atoms with Crippen molar-refractivity contribution in [3.05, 3.63) is 28.2 Å². The highest BCUT2D eigenvalue weighted by Crippen LogP contribution is 2.29. The highest BCUT2D eigenvalue weighted by atomic mass is 19.4. The Morgan fingerprint density at radius 2 is 2.21 bits per heavy atom. The van der Waals surface area contributed by atoms with E-state index in [9.17, 15) is 22.8 Å². The van der Waals surface area contributed by atoms with Crippen LogP contribution in [0.1, 0.15) is 25.8 Å². The third kappa shape index (κ3) is 4.50. The molecule has 1 aliphatic heterocycles. The van der Waals surface area contributed by atoms with Gasteiger partial charge in [0, 0.05) is 12.7 Å². The molecule has 2 heterocycles. The van der Waals surface area contributed by atoms with E-state index in [2.05, 4.69) is 5.32 Å². The number of rotatable bonds is 3. The molecule has 134 valence electrons. The normalized spacial score (nSPS) is 18.8. The lowest BCUT2D eigenvalue weighted by Gasteiger charge is -2.36. The summed E-state index contributed by atoms with van der Waals surface area (Å²) in [4.78, 5) is 27.6. The topological polar surface area (TPSA) is 74.4 Å². The molecule has 0 bridgehead atoms. The lowest BCUT2D eigenvalue weighted by molar-refractivity contribution is -0.137. The van der Waals surface area contributed by atoms with Gasteiger partial charge in [0.2, 0.25) is 0 Å². The average molecular weight is 347 g/mol. The molecule has 1 aliphatic rings. The van der Waals surface area contributed by atoms with Crippen molar-refractivity contribution >= 4 is 11.7 Å². The quantitative estimate of drug-likeness (QED) is 0.883. The van der Waals surface area contributed by atoms with Crippen LogP contribution >= 0.6 is 0 Å². The van der Waals surface area contributed by atoms with Crippen molar-refractivity contribution in [2.75, 3.05) is 25.1 Å². The first-order chi connectivity index (χ1) is 11.2. The molecular weight excluding hydrogens is 327 g/mol. The summed E-state index contributed by atoms with van der Waals surface area (Å²) in [6.07, 6.45) is -3.33. The lowest BCUT2D eigenvalue weighted by atomic mass is 10.0. The fourth-order valence-electron chi connectivity index (χ4n) is 2.59. The number of aromatic amines is 1. The minimum absolute atomic E-state index is 0.177. The Hall–Kier alpha value is -2.03. The van der Waals surface area contributed by atoms with Gasteiger partial charge in [-0.2, -0.15) is 13.2 Å². The minimum Gasteiger partial charge on any atom is -0.377 e. The number of carbonyl (C=O) groups is 1.